The van der Waals surface area contributed by atoms with Crippen LogP contribution in [0, 0.1) is 13.8 Å². The molecule has 0 radical (unpaired) electrons. The molecule has 0 spiro atoms. The van der Waals surface area contributed by atoms with Crippen LogP contribution in [0.25, 0.3) is 0 Å². The zero-order valence-electron chi connectivity index (χ0n) is 9.97. The highest BCUT2D eigenvalue weighted by Crippen LogP contribution is 2.10. The third-order valence-electron chi connectivity index (χ3n) is 2.59. The molecule has 0 bridgehead atoms. The summed E-state index contributed by atoms with van der Waals surface area (Å²) < 4.78 is 0. The summed E-state index contributed by atoms with van der Waals surface area (Å²) >= 11 is 0. The summed E-state index contributed by atoms with van der Waals surface area (Å²) in [5, 5.41) is 0. The summed E-state index contributed by atoms with van der Waals surface area (Å²) in [5.74, 6) is 0.0497. The fourth-order valence-corrected chi connectivity index (χ4v) is 1.78. The van der Waals surface area contributed by atoms with E-state index in [0.717, 1.165) is 16.7 Å². The van der Waals surface area contributed by atoms with Gasteiger partial charge in [-0.3, -0.25) is 14.8 Å². The average Bonchev–Trinajstić information content (AvgIpc) is 2.30. The van der Waals surface area contributed by atoms with E-state index >= 15 is 0 Å². The lowest BCUT2D eigenvalue weighted by molar-refractivity contribution is 0.0987. The number of carbonyl (C=O) groups is 1. The molecular formula is C14H14N2O. The second kappa shape index (κ2) is 4.87. The van der Waals surface area contributed by atoms with E-state index in [1.165, 1.54) is 0 Å². The fourth-order valence-electron chi connectivity index (χ4n) is 1.78. The molecule has 0 unspecified atom stereocenters. The molecule has 0 aromatic carbocycles. The smallest absolute Gasteiger partial charge is 0.185 e. The van der Waals surface area contributed by atoms with Gasteiger partial charge >= 0.3 is 0 Å². The van der Waals surface area contributed by atoms with Crippen molar-refractivity contribution in [2.24, 2.45) is 0 Å². The summed E-state index contributed by atoms with van der Waals surface area (Å²) in [4.78, 5) is 20.2. The first-order valence-corrected chi connectivity index (χ1v) is 5.52. The molecular weight excluding hydrogens is 212 g/mol. The van der Waals surface area contributed by atoms with Crippen LogP contribution in [0.1, 0.15) is 27.2 Å². The van der Waals surface area contributed by atoms with E-state index in [1.54, 1.807) is 18.6 Å². The minimum absolute atomic E-state index is 0.0497. The van der Waals surface area contributed by atoms with Crippen LogP contribution in [-0.2, 0) is 6.42 Å². The van der Waals surface area contributed by atoms with Gasteiger partial charge in [0.1, 0.15) is 5.69 Å². The van der Waals surface area contributed by atoms with E-state index in [9.17, 15) is 4.79 Å². The third-order valence-corrected chi connectivity index (χ3v) is 2.59. The predicted molar refractivity (Wildman–Crippen MR) is 66.0 cm³/mol. The van der Waals surface area contributed by atoms with Gasteiger partial charge in [0.05, 0.1) is 0 Å². The van der Waals surface area contributed by atoms with Gasteiger partial charge in [-0.05, 0) is 42.7 Å². The van der Waals surface area contributed by atoms with Crippen molar-refractivity contribution in [3.63, 3.8) is 0 Å². The van der Waals surface area contributed by atoms with E-state index in [1.807, 2.05) is 32.0 Å². The molecule has 86 valence electrons. The van der Waals surface area contributed by atoms with Crippen molar-refractivity contribution in [1.29, 1.82) is 0 Å². The minimum Gasteiger partial charge on any atom is -0.292 e. The number of aryl methyl sites for hydroxylation is 2. The number of aromatic nitrogens is 2. The second-order valence-corrected chi connectivity index (χ2v) is 4.13. The van der Waals surface area contributed by atoms with Crippen molar-refractivity contribution in [2.75, 3.05) is 0 Å². The Morgan fingerprint density at radius 3 is 2.59 bits per heavy atom. The second-order valence-electron chi connectivity index (χ2n) is 4.13. The molecule has 0 saturated carbocycles. The number of pyridine rings is 2. The topological polar surface area (TPSA) is 42.9 Å². The van der Waals surface area contributed by atoms with Crippen LogP contribution < -0.4 is 0 Å². The zero-order chi connectivity index (χ0) is 12.3. The van der Waals surface area contributed by atoms with Crippen LogP contribution >= 0.6 is 0 Å². The van der Waals surface area contributed by atoms with E-state index in [-0.39, 0.29) is 5.78 Å². The SMILES string of the molecule is Cc1cnc(C(=O)Cc2ccncc2)c(C)c1. The molecule has 2 aromatic rings. The Kier molecular flexibility index (Phi) is 3.28. The first-order chi connectivity index (χ1) is 8.16. The molecule has 0 atom stereocenters. The van der Waals surface area contributed by atoms with Gasteiger partial charge in [-0.2, -0.15) is 0 Å². The number of hydrogen-bond donors (Lipinski definition) is 0. The molecule has 0 aliphatic heterocycles. The molecule has 0 aliphatic carbocycles. The van der Waals surface area contributed by atoms with Gasteiger partial charge in [-0.15, -0.1) is 0 Å². The average molecular weight is 226 g/mol. The first kappa shape index (κ1) is 11.5. The Hall–Kier alpha value is -2.03. The lowest BCUT2D eigenvalue weighted by atomic mass is 10.0. The van der Waals surface area contributed by atoms with Crippen molar-refractivity contribution in [2.45, 2.75) is 20.3 Å². The van der Waals surface area contributed by atoms with Gasteiger partial charge in [-0.1, -0.05) is 6.07 Å². The molecule has 0 N–H and O–H groups in total. The maximum atomic E-state index is 12.1. The Bertz CT molecular complexity index is 535. The number of rotatable bonds is 3. The zero-order valence-corrected chi connectivity index (χ0v) is 9.97. The Morgan fingerprint density at radius 1 is 1.24 bits per heavy atom. The van der Waals surface area contributed by atoms with Gasteiger partial charge in [0, 0.05) is 25.0 Å². The molecule has 2 rings (SSSR count). The van der Waals surface area contributed by atoms with Crippen molar-refractivity contribution in [3.05, 3.63) is 59.2 Å². The summed E-state index contributed by atoms with van der Waals surface area (Å²) in [6.07, 6.45) is 5.49. The highest BCUT2D eigenvalue weighted by atomic mass is 16.1. The normalized spacial score (nSPS) is 10.2. The van der Waals surface area contributed by atoms with Gasteiger partial charge in [0.15, 0.2) is 5.78 Å². The Morgan fingerprint density at radius 2 is 1.94 bits per heavy atom. The minimum atomic E-state index is 0.0497. The van der Waals surface area contributed by atoms with Crippen LogP contribution in [-0.4, -0.2) is 15.8 Å². The molecule has 3 heteroatoms. The molecule has 0 saturated heterocycles. The first-order valence-electron chi connectivity index (χ1n) is 5.52. The number of Topliss-reactive ketones (excluding diaryl/α,β-unsaturated/α-hetero) is 1. The monoisotopic (exact) mass is 226 g/mol. The summed E-state index contributed by atoms with van der Waals surface area (Å²) in [6.45, 7) is 3.89. The quantitative estimate of drug-likeness (QED) is 0.755. The highest BCUT2D eigenvalue weighted by molar-refractivity contribution is 5.96. The largest absolute Gasteiger partial charge is 0.292 e. The maximum Gasteiger partial charge on any atom is 0.185 e. The number of hydrogen-bond acceptors (Lipinski definition) is 3. The van der Waals surface area contributed by atoms with E-state index < -0.39 is 0 Å². The summed E-state index contributed by atoms with van der Waals surface area (Å²) in [5.41, 5.74) is 3.53. The number of carbonyl (C=O) groups excluding carboxylic acids is 1. The number of ketones is 1. The fraction of sp³-hybridized carbons (Fsp3) is 0.214. The molecule has 2 heterocycles. The van der Waals surface area contributed by atoms with E-state index in [2.05, 4.69) is 9.97 Å². The van der Waals surface area contributed by atoms with Crippen molar-refractivity contribution in [1.82, 2.24) is 9.97 Å². The molecule has 17 heavy (non-hydrogen) atoms. The molecule has 2 aromatic heterocycles. The van der Waals surface area contributed by atoms with Crippen LogP contribution in [0.15, 0.2) is 36.8 Å². The number of nitrogens with zero attached hydrogens (tertiary/aromatic N) is 2. The molecule has 3 nitrogen and oxygen atoms in total. The summed E-state index contributed by atoms with van der Waals surface area (Å²) in [7, 11) is 0. The lowest BCUT2D eigenvalue weighted by Gasteiger charge is -2.04. The Labute approximate surface area is 101 Å². The van der Waals surface area contributed by atoms with E-state index in [4.69, 9.17) is 0 Å². The van der Waals surface area contributed by atoms with E-state index in [0.29, 0.717) is 12.1 Å². The van der Waals surface area contributed by atoms with Gasteiger partial charge in [-0.25, -0.2) is 0 Å². The van der Waals surface area contributed by atoms with Crippen molar-refractivity contribution in [3.8, 4) is 0 Å². The van der Waals surface area contributed by atoms with Crippen LogP contribution in [0.4, 0.5) is 0 Å². The molecule has 0 amide bonds. The molecule has 0 aliphatic rings. The maximum absolute atomic E-state index is 12.1. The highest BCUT2D eigenvalue weighted by Gasteiger charge is 2.11. The standard InChI is InChI=1S/C14H14N2O/c1-10-7-11(2)14(16-9-10)13(17)8-12-3-5-15-6-4-12/h3-7,9H,8H2,1-2H3. The van der Waals surface area contributed by atoms with Crippen LogP contribution in [0.5, 0.6) is 0 Å². The van der Waals surface area contributed by atoms with Crippen LogP contribution in [0.3, 0.4) is 0 Å². The van der Waals surface area contributed by atoms with Gasteiger partial charge in [0.25, 0.3) is 0 Å². The molecule has 0 fully saturated rings. The third kappa shape index (κ3) is 2.75. The van der Waals surface area contributed by atoms with Gasteiger partial charge in [0.2, 0.25) is 0 Å². The van der Waals surface area contributed by atoms with Crippen molar-refractivity contribution >= 4 is 5.78 Å². The lowest BCUT2D eigenvalue weighted by Crippen LogP contribution is -2.08. The Balaban J connectivity index is 2.21. The van der Waals surface area contributed by atoms with Crippen molar-refractivity contribution < 1.29 is 4.79 Å². The predicted octanol–water partition coefficient (Wildman–Crippen LogP) is 2.52. The van der Waals surface area contributed by atoms with Gasteiger partial charge < -0.3 is 0 Å². The summed E-state index contributed by atoms with van der Waals surface area (Å²) in [6, 6.07) is 5.68. The van der Waals surface area contributed by atoms with Crippen LogP contribution in [0.2, 0.25) is 0 Å².